The molecule has 1 aromatic carbocycles. The van der Waals surface area contributed by atoms with Gasteiger partial charge in [-0.05, 0) is 18.2 Å². The van der Waals surface area contributed by atoms with Crippen molar-refractivity contribution in [2.45, 2.75) is 0 Å². The molecule has 1 heterocycles. The van der Waals surface area contributed by atoms with Gasteiger partial charge in [0, 0.05) is 5.39 Å². The van der Waals surface area contributed by atoms with E-state index in [4.69, 9.17) is 0 Å². The number of benzene rings is 1. The third-order valence-electron chi connectivity index (χ3n) is 1.50. The number of halogens is 3. The molecule has 0 spiro atoms. The molecule has 2 nitrogen and oxygen atoms in total. The summed E-state index contributed by atoms with van der Waals surface area (Å²) < 4.78 is 12.9. The fourth-order valence-electron chi connectivity index (χ4n) is 0.981. The van der Waals surface area contributed by atoms with Crippen LogP contribution in [0, 0.1) is 5.82 Å². The Labute approximate surface area is 87.0 Å². The van der Waals surface area contributed by atoms with E-state index >= 15 is 0 Å². The molecular formula is C8H7Cl2FN2. The fourth-order valence-corrected chi connectivity index (χ4v) is 0.981. The first-order valence-electron chi connectivity index (χ1n) is 3.24. The van der Waals surface area contributed by atoms with Gasteiger partial charge in [-0.15, -0.1) is 24.8 Å². The Bertz CT molecular complexity index is 389. The summed E-state index contributed by atoms with van der Waals surface area (Å²) in [5.74, 6) is -0.252. The van der Waals surface area contributed by atoms with Gasteiger partial charge >= 0.3 is 0 Å². The standard InChI is InChI=1S/C8H5FN2.2ClH/c9-7-2-1-3-8-6(7)4-5-10-11-8;;/h1-5H;2*1H. The van der Waals surface area contributed by atoms with Crippen LogP contribution >= 0.6 is 24.8 Å². The number of nitrogens with zero attached hydrogens (tertiary/aromatic N) is 2. The summed E-state index contributed by atoms with van der Waals surface area (Å²) in [6, 6.07) is 6.36. The molecule has 0 N–H and O–H groups in total. The Morgan fingerprint density at radius 1 is 1.08 bits per heavy atom. The molecule has 0 aliphatic heterocycles. The average Bonchev–Trinajstić information content (AvgIpc) is 2.06. The molecule has 0 saturated carbocycles. The molecule has 0 aliphatic carbocycles. The van der Waals surface area contributed by atoms with Crippen LogP contribution in [0.15, 0.2) is 30.5 Å². The van der Waals surface area contributed by atoms with E-state index in [0.29, 0.717) is 10.9 Å². The molecule has 0 radical (unpaired) electrons. The second kappa shape index (κ2) is 4.94. The Kier molecular flexibility index (Phi) is 4.59. The molecule has 13 heavy (non-hydrogen) atoms. The van der Waals surface area contributed by atoms with Gasteiger partial charge in [0.25, 0.3) is 0 Å². The molecule has 0 unspecified atom stereocenters. The lowest BCUT2D eigenvalue weighted by molar-refractivity contribution is 0.639. The normalized spacial score (nSPS) is 8.69. The van der Waals surface area contributed by atoms with E-state index in [-0.39, 0.29) is 30.6 Å². The van der Waals surface area contributed by atoms with E-state index in [2.05, 4.69) is 10.2 Å². The van der Waals surface area contributed by atoms with E-state index in [1.165, 1.54) is 12.3 Å². The predicted octanol–water partition coefficient (Wildman–Crippen LogP) is 2.61. The van der Waals surface area contributed by atoms with Crippen molar-refractivity contribution in [3.8, 4) is 0 Å². The molecule has 1 aromatic heterocycles. The summed E-state index contributed by atoms with van der Waals surface area (Å²) in [6.45, 7) is 0. The lowest BCUT2D eigenvalue weighted by Gasteiger charge is -1.94. The highest BCUT2D eigenvalue weighted by Crippen LogP contribution is 2.12. The molecule has 2 rings (SSSR count). The van der Waals surface area contributed by atoms with Crippen LogP contribution in [0.1, 0.15) is 0 Å². The SMILES string of the molecule is Cl.Cl.Fc1cccc2nnccc12. The van der Waals surface area contributed by atoms with Crippen molar-refractivity contribution in [2.75, 3.05) is 0 Å². The van der Waals surface area contributed by atoms with Gasteiger partial charge in [0.2, 0.25) is 0 Å². The fraction of sp³-hybridized carbons (Fsp3) is 0. The number of hydrogen-bond acceptors (Lipinski definition) is 2. The summed E-state index contributed by atoms with van der Waals surface area (Å²) in [6.07, 6.45) is 1.48. The third kappa shape index (κ3) is 2.26. The highest BCUT2D eigenvalue weighted by atomic mass is 35.5. The number of rotatable bonds is 0. The van der Waals surface area contributed by atoms with Crippen molar-refractivity contribution in [1.82, 2.24) is 10.2 Å². The summed E-state index contributed by atoms with van der Waals surface area (Å²) in [4.78, 5) is 0. The monoisotopic (exact) mass is 220 g/mol. The van der Waals surface area contributed by atoms with E-state index in [1.54, 1.807) is 18.2 Å². The topological polar surface area (TPSA) is 25.8 Å². The van der Waals surface area contributed by atoms with Gasteiger partial charge in [-0.1, -0.05) is 6.07 Å². The van der Waals surface area contributed by atoms with Crippen LogP contribution in [-0.4, -0.2) is 10.2 Å². The first-order valence-corrected chi connectivity index (χ1v) is 3.24. The van der Waals surface area contributed by atoms with E-state index < -0.39 is 0 Å². The Morgan fingerprint density at radius 2 is 1.85 bits per heavy atom. The van der Waals surface area contributed by atoms with Gasteiger partial charge < -0.3 is 0 Å². The second-order valence-electron chi connectivity index (χ2n) is 2.20. The average molecular weight is 221 g/mol. The number of fused-ring (bicyclic) bond motifs is 1. The molecule has 70 valence electrons. The molecule has 5 heteroatoms. The van der Waals surface area contributed by atoms with Gasteiger partial charge in [0.15, 0.2) is 0 Å². The van der Waals surface area contributed by atoms with Gasteiger partial charge in [0.1, 0.15) is 5.82 Å². The largest absolute Gasteiger partial charge is 0.206 e. The van der Waals surface area contributed by atoms with Crippen LogP contribution in [0.25, 0.3) is 10.9 Å². The van der Waals surface area contributed by atoms with Crippen molar-refractivity contribution in [3.63, 3.8) is 0 Å². The van der Waals surface area contributed by atoms with Crippen molar-refractivity contribution in [2.24, 2.45) is 0 Å². The molecule has 0 bridgehead atoms. The zero-order valence-electron chi connectivity index (χ0n) is 6.48. The highest BCUT2D eigenvalue weighted by molar-refractivity contribution is 5.85. The molecular weight excluding hydrogens is 214 g/mol. The van der Waals surface area contributed by atoms with Crippen LogP contribution < -0.4 is 0 Å². The zero-order chi connectivity index (χ0) is 7.68. The second-order valence-corrected chi connectivity index (χ2v) is 2.20. The Hall–Kier alpha value is -0.930. The van der Waals surface area contributed by atoms with Crippen molar-refractivity contribution in [3.05, 3.63) is 36.3 Å². The maximum atomic E-state index is 12.9. The summed E-state index contributed by atoms with van der Waals surface area (Å²) in [5, 5.41) is 7.91. The van der Waals surface area contributed by atoms with E-state index in [0.717, 1.165) is 0 Å². The summed E-state index contributed by atoms with van der Waals surface area (Å²) in [7, 11) is 0. The highest BCUT2D eigenvalue weighted by Gasteiger charge is 1.97. The lowest BCUT2D eigenvalue weighted by Crippen LogP contribution is -1.84. The lowest BCUT2D eigenvalue weighted by atomic mass is 10.2. The Balaban J connectivity index is 0.000000720. The van der Waals surface area contributed by atoms with Crippen LogP contribution in [0.4, 0.5) is 4.39 Å². The smallest absolute Gasteiger partial charge is 0.132 e. The van der Waals surface area contributed by atoms with Crippen LogP contribution in [-0.2, 0) is 0 Å². The number of aromatic nitrogens is 2. The predicted molar refractivity (Wildman–Crippen MR) is 54.0 cm³/mol. The van der Waals surface area contributed by atoms with Gasteiger partial charge in [-0.25, -0.2) is 4.39 Å². The van der Waals surface area contributed by atoms with Crippen LogP contribution in [0.3, 0.4) is 0 Å². The van der Waals surface area contributed by atoms with Crippen molar-refractivity contribution < 1.29 is 4.39 Å². The zero-order valence-corrected chi connectivity index (χ0v) is 8.11. The van der Waals surface area contributed by atoms with Gasteiger partial charge in [-0.3, -0.25) is 0 Å². The minimum absolute atomic E-state index is 0. The first kappa shape index (κ1) is 12.1. The maximum absolute atomic E-state index is 12.9. The molecule has 0 saturated heterocycles. The van der Waals surface area contributed by atoms with Gasteiger partial charge in [-0.2, -0.15) is 10.2 Å². The number of hydrogen-bond donors (Lipinski definition) is 0. The van der Waals surface area contributed by atoms with Crippen LogP contribution in [0.2, 0.25) is 0 Å². The molecule has 0 amide bonds. The van der Waals surface area contributed by atoms with Gasteiger partial charge in [0.05, 0.1) is 11.7 Å². The summed E-state index contributed by atoms with van der Waals surface area (Å²) >= 11 is 0. The molecule has 0 atom stereocenters. The maximum Gasteiger partial charge on any atom is 0.132 e. The molecule has 0 aliphatic rings. The Morgan fingerprint density at radius 3 is 2.54 bits per heavy atom. The summed E-state index contributed by atoms with van der Waals surface area (Å²) in [5.41, 5.74) is 0.590. The molecule has 2 aromatic rings. The third-order valence-corrected chi connectivity index (χ3v) is 1.50. The first-order chi connectivity index (χ1) is 5.38. The minimum Gasteiger partial charge on any atom is -0.206 e. The van der Waals surface area contributed by atoms with Crippen molar-refractivity contribution in [1.29, 1.82) is 0 Å². The van der Waals surface area contributed by atoms with Crippen LogP contribution in [0.5, 0.6) is 0 Å². The minimum atomic E-state index is -0.252. The molecule has 0 fully saturated rings. The quantitative estimate of drug-likeness (QED) is 0.683. The van der Waals surface area contributed by atoms with E-state index in [9.17, 15) is 4.39 Å². The van der Waals surface area contributed by atoms with E-state index in [1.807, 2.05) is 0 Å². The van der Waals surface area contributed by atoms with Crippen molar-refractivity contribution >= 4 is 35.7 Å².